The molecule has 0 N–H and O–H groups in total. The van der Waals surface area contributed by atoms with Crippen LogP contribution in [0, 0.1) is 0 Å². The molecule has 134 valence electrons. The van der Waals surface area contributed by atoms with Crippen molar-refractivity contribution in [3.05, 3.63) is 59.0 Å². The summed E-state index contributed by atoms with van der Waals surface area (Å²) in [5.41, 5.74) is 2.58. The summed E-state index contributed by atoms with van der Waals surface area (Å²) in [4.78, 5) is 19.4. The van der Waals surface area contributed by atoms with E-state index >= 15 is 0 Å². The van der Waals surface area contributed by atoms with Gasteiger partial charge in [-0.3, -0.25) is 14.5 Å². The highest BCUT2D eigenvalue weighted by Gasteiger charge is 2.26. The van der Waals surface area contributed by atoms with Crippen LogP contribution in [0.2, 0.25) is 5.02 Å². The van der Waals surface area contributed by atoms with Crippen molar-refractivity contribution in [1.82, 2.24) is 19.7 Å². The van der Waals surface area contributed by atoms with Gasteiger partial charge in [0.2, 0.25) is 0 Å². The van der Waals surface area contributed by atoms with Crippen molar-refractivity contribution in [2.45, 2.75) is 32.2 Å². The Hall–Kier alpha value is -2.40. The highest BCUT2D eigenvalue weighted by atomic mass is 35.5. The van der Waals surface area contributed by atoms with Crippen molar-refractivity contribution in [3.8, 4) is 0 Å². The predicted molar refractivity (Wildman–Crippen MR) is 103 cm³/mol. The number of pyridine rings is 1. The second-order valence-electron chi connectivity index (χ2n) is 6.69. The van der Waals surface area contributed by atoms with Crippen LogP contribution in [0.25, 0.3) is 10.9 Å². The van der Waals surface area contributed by atoms with Crippen LogP contribution in [0.3, 0.4) is 0 Å². The van der Waals surface area contributed by atoms with Crippen LogP contribution in [0.1, 0.15) is 41.6 Å². The lowest BCUT2D eigenvalue weighted by Crippen LogP contribution is -2.38. The molecule has 5 nitrogen and oxygen atoms in total. The average molecular weight is 369 g/mol. The zero-order valence-electron chi connectivity index (χ0n) is 14.7. The SMILES string of the molecule is CCn1cc(C2CCN(C(=O)c3ccc(Cl)c4cccnc34)CC2)cn1. The van der Waals surface area contributed by atoms with E-state index in [0.717, 1.165) is 37.9 Å². The molecule has 0 saturated carbocycles. The summed E-state index contributed by atoms with van der Waals surface area (Å²) in [6, 6.07) is 7.31. The average Bonchev–Trinajstić information content (AvgIpc) is 3.17. The van der Waals surface area contributed by atoms with E-state index in [4.69, 9.17) is 11.6 Å². The van der Waals surface area contributed by atoms with Gasteiger partial charge in [-0.05, 0) is 55.5 Å². The molecule has 6 heteroatoms. The first-order valence-corrected chi connectivity index (χ1v) is 9.40. The molecule has 26 heavy (non-hydrogen) atoms. The maximum absolute atomic E-state index is 13.0. The minimum atomic E-state index is 0.0353. The molecule has 4 rings (SSSR count). The van der Waals surface area contributed by atoms with Crippen molar-refractivity contribution >= 4 is 28.4 Å². The molecule has 1 amide bonds. The lowest BCUT2D eigenvalue weighted by molar-refractivity contribution is 0.0715. The Morgan fingerprint density at radius 2 is 2.08 bits per heavy atom. The number of halogens is 1. The van der Waals surface area contributed by atoms with E-state index in [1.807, 2.05) is 27.9 Å². The summed E-state index contributed by atoms with van der Waals surface area (Å²) >= 11 is 6.25. The summed E-state index contributed by atoms with van der Waals surface area (Å²) in [6.07, 6.45) is 7.70. The Balaban J connectivity index is 1.51. The highest BCUT2D eigenvalue weighted by Crippen LogP contribution is 2.30. The van der Waals surface area contributed by atoms with Gasteiger partial charge in [-0.1, -0.05) is 11.6 Å². The number of carbonyl (C=O) groups excluding carboxylic acids is 1. The Labute approximate surface area is 157 Å². The van der Waals surface area contributed by atoms with Gasteiger partial charge >= 0.3 is 0 Å². The first-order valence-electron chi connectivity index (χ1n) is 9.02. The number of rotatable bonds is 3. The standard InChI is InChI=1S/C20H21ClN4O/c1-2-25-13-15(12-23-25)14-7-10-24(11-8-14)20(26)17-5-6-18(21)16-4-3-9-22-19(16)17/h3-6,9,12-14H,2,7-8,10-11H2,1H3. The van der Waals surface area contributed by atoms with E-state index in [1.165, 1.54) is 5.56 Å². The fourth-order valence-electron chi connectivity index (χ4n) is 3.66. The quantitative estimate of drug-likeness (QED) is 0.698. The molecule has 3 heterocycles. The fourth-order valence-corrected chi connectivity index (χ4v) is 3.88. The van der Waals surface area contributed by atoms with Crippen LogP contribution in [0.4, 0.5) is 0 Å². The van der Waals surface area contributed by atoms with Crippen molar-refractivity contribution in [2.75, 3.05) is 13.1 Å². The van der Waals surface area contributed by atoms with Crippen LogP contribution in [-0.2, 0) is 6.54 Å². The molecule has 1 fully saturated rings. The molecule has 0 spiro atoms. The number of hydrogen-bond acceptors (Lipinski definition) is 3. The largest absolute Gasteiger partial charge is 0.339 e. The molecular formula is C20H21ClN4O. The van der Waals surface area contributed by atoms with E-state index in [2.05, 4.69) is 23.2 Å². The van der Waals surface area contributed by atoms with Gasteiger partial charge in [0.05, 0.1) is 22.3 Å². The molecule has 1 saturated heterocycles. The minimum Gasteiger partial charge on any atom is -0.339 e. The summed E-state index contributed by atoms with van der Waals surface area (Å²) in [7, 11) is 0. The summed E-state index contributed by atoms with van der Waals surface area (Å²) in [6.45, 7) is 4.46. The number of aryl methyl sites for hydroxylation is 1. The van der Waals surface area contributed by atoms with Crippen molar-refractivity contribution in [2.24, 2.45) is 0 Å². The van der Waals surface area contributed by atoms with Gasteiger partial charge in [0.25, 0.3) is 5.91 Å². The molecule has 1 aliphatic heterocycles. The van der Waals surface area contributed by atoms with E-state index in [0.29, 0.717) is 22.0 Å². The van der Waals surface area contributed by atoms with Crippen LogP contribution in [0.5, 0.6) is 0 Å². The third-order valence-corrected chi connectivity index (χ3v) is 5.51. The minimum absolute atomic E-state index is 0.0353. The van der Waals surface area contributed by atoms with Crippen molar-refractivity contribution in [3.63, 3.8) is 0 Å². The first-order chi connectivity index (χ1) is 12.7. The van der Waals surface area contributed by atoms with Crippen LogP contribution in [0.15, 0.2) is 42.9 Å². The molecule has 0 bridgehead atoms. The molecule has 0 unspecified atom stereocenters. The van der Waals surface area contributed by atoms with Gasteiger partial charge in [0, 0.05) is 37.4 Å². The molecule has 1 aliphatic rings. The van der Waals surface area contributed by atoms with Crippen LogP contribution in [-0.4, -0.2) is 38.7 Å². The number of benzene rings is 1. The van der Waals surface area contributed by atoms with Gasteiger partial charge in [0.1, 0.15) is 0 Å². The van der Waals surface area contributed by atoms with E-state index < -0.39 is 0 Å². The van der Waals surface area contributed by atoms with Crippen LogP contribution >= 0.6 is 11.6 Å². The maximum atomic E-state index is 13.0. The number of amides is 1. The third-order valence-electron chi connectivity index (χ3n) is 5.18. The number of hydrogen-bond donors (Lipinski definition) is 0. The molecule has 1 aromatic carbocycles. The van der Waals surface area contributed by atoms with Gasteiger partial charge in [-0.15, -0.1) is 0 Å². The predicted octanol–water partition coefficient (Wildman–Crippen LogP) is 4.12. The summed E-state index contributed by atoms with van der Waals surface area (Å²) < 4.78 is 1.96. The van der Waals surface area contributed by atoms with Crippen LogP contribution < -0.4 is 0 Å². The Kier molecular flexibility index (Phi) is 4.64. The number of nitrogens with zero attached hydrogens (tertiary/aromatic N) is 4. The molecule has 0 radical (unpaired) electrons. The third kappa shape index (κ3) is 3.07. The van der Waals surface area contributed by atoms with E-state index in [-0.39, 0.29) is 5.91 Å². The monoisotopic (exact) mass is 368 g/mol. The van der Waals surface area contributed by atoms with Gasteiger partial charge in [-0.2, -0.15) is 5.10 Å². The van der Waals surface area contributed by atoms with Gasteiger partial charge in [0.15, 0.2) is 0 Å². The second-order valence-corrected chi connectivity index (χ2v) is 7.10. The zero-order valence-corrected chi connectivity index (χ0v) is 15.5. The zero-order chi connectivity index (χ0) is 18.1. The number of likely N-dealkylation sites (tertiary alicyclic amines) is 1. The van der Waals surface area contributed by atoms with E-state index in [9.17, 15) is 4.79 Å². The first kappa shape index (κ1) is 17.0. The number of carbonyl (C=O) groups is 1. The second kappa shape index (κ2) is 7.08. The molecule has 2 aromatic heterocycles. The lowest BCUT2D eigenvalue weighted by Gasteiger charge is -2.31. The number of piperidine rings is 1. The van der Waals surface area contributed by atoms with Gasteiger partial charge in [-0.25, -0.2) is 0 Å². The Morgan fingerprint density at radius 3 is 2.81 bits per heavy atom. The number of aromatic nitrogens is 3. The van der Waals surface area contributed by atoms with Crippen molar-refractivity contribution in [1.29, 1.82) is 0 Å². The molecule has 3 aromatic rings. The molecule has 0 atom stereocenters. The lowest BCUT2D eigenvalue weighted by atomic mass is 9.91. The van der Waals surface area contributed by atoms with E-state index in [1.54, 1.807) is 18.3 Å². The maximum Gasteiger partial charge on any atom is 0.256 e. The Bertz CT molecular complexity index is 944. The smallest absolute Gasteiger partial charge is 0.256 e. The fraction of sp³-hybridized carbons (Fsp3) is 0.350. The van der Waals surface area contributed by atoms with Crippen molar-refractivity contribution < 1.29 is 4.79 Å². The Morgan fingerprint density at radius 1 is 1.27 bits per heavy atom. The normalized spacial score (nSPS) is 15.5. The topological polar surface area (TPSA) is 51.0 Å². The summed E-state index contributed by atoms with van der Waals surface area (Å²) in [5, 5.41) is 5.81. The highest BCUT2D eigenvalue weighted by molar-refractivity contribution is 6.36. The summed E-state index contributed by atoms with van der Waals surface area (Å²) in [5.74, 6) is 0.507. The number of fused-ring (bicyclic) bond motifs is 1. The molecular weight excluding hydrogens is 348 g/mol. The van der Waals surface area contributed by atoms with Gasteiger partial charge < -0.3 is 4.90 Å². The molecule has 0 aliphatic carbocycles.